The lowest BCUT2D eigenvalue weighted by Gasteiger charge is -2.07. The lowest BCUT2D eigenvalue weighted by molar-refractivity contribution is -0.137. The van der Waals surface area contributed by atoms with Crippen molar-refractivity contribution in [3.8, 4) is 5.75 Å². The van der Waals surface area contributed by atoms with Crippen molar-refractivity contribution >= 4 is 28.6 Å². The summed E-state index contributed by atoms with van der Waals surface area (Å²) < 4.78 is 23.0. The Hall–Kier alpha value is -1.89. The first-order valence-corrected chi connectivity index (χ1v) is 6.32. The van der Waals surface area contributed by atoms with Gasteiger partial charge in [-0.1, -0.05) is 11.8 Å². The molecule has 2 rings (SSSR count). The molecule has 1 heterocycles. The molecule has 0 radical (unpaired) electrons. The van der Waals surface area contributed by atoms with E-state index in [-0.39, 0.29) is 17.5 Å². The summed E-state index contributed by atoms with van der Waals surface area (Å²) in [7, 11) is 2.70. The number of ether oxygens (including phenoxy) is 2. The minimum Gasteiger partial charge on any atom is -0.494 e. The molecule has 0 saturated heterocycles. The van der Waals surface area contributed by atoms with Gasteiger partial charge in [-0.2, -0.15) is 0 Å². The van der Waals surface area contributed by atoms with Crippen LogP contribution in [0.25, 0.3) is 10.9 Å². The standard InChI is InChI=1S/C12H11FN2O3S/c1-17-10-3-7-9(4-8(10)13)14-6-15-12(7)19-5-11(16)18-2/h3-4,6H,5H2,1-2H3. The van der Waals surface area contributed by atoms with E-state index in [1.165, 1.54) is 44.4 Å². The van der Waals surface area contributed by atoms with Gasteiger partial charge in [0.2, 0.25) is 0 Å². The highest BCUT2D eigenvalue weighted by molar-refractivity contribution is 8.00. The number of esters is 1. The Kier molecular flexibility index (Phi) is 4.16. The number of thioether (sulfide) groups is 1. The predicted molar refractivity (Wildman–Crippen MR) is 68.8 cm³/mol. The van der Waals surface area contributed by atoms with Gasteiger partial charge in [-0.05, 0) is 6.07 Å². The Labute approximate surface area is 113 Å². The molecule has 1 aromatic heterocycles. The first-order valence-electron chi connectivity index (χ1n) is 5.33. The topological polar surface area (TPSA) is 61.3 Å². The molecule has 0 spiro atoms. The molecule has 0 N–H and O–H groups in total. The lowest BCUT2D eigenvalue weighted by atomic mass is 10.2. The summed E-state index contributed by atoms with van der Waals surface area (Å²) in [5, 5.41) is 1.21. The molecule has 100 valence electrons. The van der Waals surface area contributed by atoms with Crippen molar-refractivity contribution in [2.75, 3.05) is 20.0 Å². The van der Waals surface area contributed by atoms with Gasteiger partial charge in [0, 0.05) is 11.5 Å². The van der Waals surface area contributed by atoms with Crippen LogP contribution in [0.2, 0.25) is 0 Å². The summed E-state index contributed by atoms with van der Waals surface area (Å²) in [5.74, 6) is -0.604. The molecule has 0 aliphatic heterocycles. The van der Waals surface area contributed by atoms with Crippen LogP contribution in [0.15, 0.2) is 23.5 Å². The van der Waals surface area contributed by atoms with E-state index in [1.54, 1.807) is 0 Å². The molecular formula is C12H11FN2O3S. The molecule has 1 aromatic carbocycles. The van der Waals surface area contributed by atoms with Crippen LogP contribution in [-0.4, -0.2) is 35.9 Å². The molecule has 2 aromatic rings. The van der Waals surface area contributed by atoms with Crippen LogP contribution < -0.4 is 4.74 Å². The molecule has 19 heavy (non-hydrogen) atoms. The predicted octanol–water partition coefficient (Wildman–Crippen LogP) is 2.04. The van der Waals surface area contributed by atoms with E-state index >= 15 is 0 Å². The molecule has 0 aliphatic rings. The number of halogens is 1. The number of nitrogens with zero attached hydrogens (tertiary/aromatic N) is 2. The van der Waals surface area contributed by atoms with Crippen molar-refractivity contribution in [2.45, 2.75) is 5.03 Å². The van der Waals surface area contributed by atoms with Crippen molar-refractivity contribution in [3.63, 3.8) is 0 Å². The quantitative estimate of drug-likeness (QED) is 0.486. The van der Waals surface area contributed by atoms with Crippen LogP contribution in [0.3, 0.4) is 0 Å². The monoisotopic (exact) mass is 282 g/mol. The number of methoxy groups -OCH3 is 2. The van der Waals surface area contributed by atoms with Crippen molar-refractivity contribution in [3.05, 3.63) is 24.3 Å². The number of aromatic nitrogens is 2. The first kappa shape index (κ1) is 13.5. The number of hydrogen-bond donors (Lipinski definition) is 0. The third-order valence-electron chi connectivity index (χ3n) is 2.43. The first-order chi connectivity index (χ1) is 9.15. The van der Waals surface area contributed by atoms with E-state index in [4.69, 9.17) is 4.74 Å². The van der Waals surface area contributed by atoms with Crippen LogP contribution >= 0.6 is 11.8 Å². The summed E-state index contributed by atoms with van der Waals surface area (Å²) in [6, 6.07) is 2.79. The van der Waals surface area contributed by atoms with Gasteiger partial charge in [0.25, 0.3) is 0 Å². The van der Waals surface area contributed by atoms with Gasteiger partial charge in [0.05, 0.1) is 25.5 Å². The number of carbonyl (C=O) groups is 1. The van der Waals surface area contributed by atoms with Gasteiger partial charge in [0.15, 0.2) is 11.6 Å². The molecule has 0 bridgehead atoms. The normalized spacial score (nSPS) is 10.5. The van der Waals surface area contributed by atoms with Crippen molar-refractivity contribution in [1.29, 1.82) is 0 Å². The maximum absolute atomic E-state index is 13.6. The summed E-state index contributed by atoms with van der Waals surface area (Å²) in [4.78, 5) is 19.2. The van der Waals surface area contributed by atoms with Crippen LogP contribution in [0.1, 0.15) is 0 Å². The SMILES string of the molecule is COC(=O)CSc1ncnc2cc(F)c(OC)cc12. The molecule has 0 fully saturated rings. The average Bonchev–Trinajstić information content (AvgIpc) is 2.43. The van der Waals surface area contributed by atoms with E-state index in [0.717, 1.165) is 0 Å². The molecule has 0 saturated carbocycles. The van der Waals surface area contributed by atoms with Crippen LogP contribution in [0.4, 0.5) is 4.39 Å². The van der Waals surface area contributed by atoms with Crippen LogP contribution in [0.5, 0.6) is 5.75 Å². The Morgan fingerprint density at radius 2 is 2.16 bits per heavy atom. The summed E-state index contributed by atoms with van der Waals surface area (Å²) >= 11 is 1.20. The number of rotatable bonds is 4. The minimum absolute atomic E-state index is 0.113. The smallest absolute Gasteiger partial charge is 0.316 e. The average molecular weight is 282 g/mol. The zero-order chi connectivity index (χ0) is 13.8. The lowest BCUT2D eigenvalue weighted by Crippen LogP contribution is -2.03. The van der Waals surface area contributed by atoms with Crippen LogP contribution in [0, 0.1) is 5.82 Å². The number of carbonyl (C=O) groups excluding carboxylic acids is 1. The Morgan fingerprint density at radius 3 is 2.84 bits per heavy atom. The van der Waals surface area contributed by atoms with Gasteiger partial charge in [-0.15, -0.1) is 0 Å². The Bertz CT molecular complexity index is 621. The van der Waals surface area contributed by atoms with Gasteiger partial charge in [0.1, 0.15) is 11.4 Å². The fourth-order valence-electron chi connectivity index (χ4n) is 1.49. The number of hydrogen-bond acceptors (Lipinski definition) is 6. The maximum Gasteiger partial charge on any atom is 0.316 e. The Balaban J connectivity index is 2.40. The summed E-state index contributed by atoms with van der Waals surface area (Å²) in [6.07, 6.45) is 1.33. The molecular weight excluding hydrogens is 271 g/mol. The summed E-state index contributed by atoms with van der Waals surface area (Å²) in [6.45, 7) is 0. The largest absolute Gasteiger partial charge is 0.494 e. The highest BCUT2D eigenvalue weighted by Gasteiger charge is 2.12. The van der Waals surface area contributed by atoms with Crippen molar-refractivity contribution < 1.29 is 18.7 Å². The third-order valence-corrected chi connectivity index (χ3v) is 3.41. The number of benzene rings is 1. The minimum atomic E-state index is -0.488. The van der Waals surface area contributed by atoms with Gasteiger partial charge >= 0.3 is 5.97 Å². The molecule has 0 atom stereocenters. The zero-order valence-electron chi connectivity index (χ0n) is 10.3. The number of fused-ring (bicyclic) bond motifs is 1. The van der Waals surface area contributed by atoms with Gasteiger partial charge < -0.3 is 9.47 Å². The second kappa shape index (κ2) is 5.83. The zero-order valence-corrected chi connectivity index (χ0v) is 11.2. The van der Waals surface area contributed by atoms with Gasteiger partial charge in [-0.3, -0.25) is 4.79 Å². The van der Waals surface area contributed by atoms with Crippen LogP contribution in [-0.2, 0) is 9.53 Å². The fourth-order valence-corrected chi connectivity index (χ4v) is 2.30. The van der Waals surface area contributed by atoms with Crippen molar-refractivity contribution in [2.24, 2.45) is 0 Å². The van der Waals surface area contributed by atoms with E-state index in [2.05, 4.69) is 14.7 Å². The summed E-state index contributed by atoms with van der Waals surface area (Å²) in [5.41, 5.74) is 0.459. The molecule has 5 nitrogen and oxygen atoms in total. The fraction of sp³-hybridized carbons (Fsp3) is 0.250. The molecule has 7 heteroatoms. The highest BCUT2D eigenvalue weighted by Crippen LogP contribution is 2.29. The van der Waals surface area contributed by atoms with Crippen molar-refractivity contribution in [1.82, 2.24) is 9.97 Å². The second-order valence-electron chi connectivity index (χ2n) is 3.55. The van der Waals surface area contributed by atoms with E-state index in [0.29, 0.717) is 15.9 Å². The second-order valence-corrected chi connectivity index (χ2v) is 4.51. The third kappa shape index (κ3) is 2.93. The molecule has 0 aliphatic carbocycles. The highest BCUT2D eigenvalue weighted by atomic mass is 32.2. The van der Waals surface area contributed by atoms with E-state index < -0.39 is 5.82 Å². The van der Waals surface area contributed by atoms with E-state index in [9.17, 15) is 9.18 Å². The molecule has 0 unspecified atom stereocenters. The van der Waals surface area contributed by atoms with Gasteiger partial charge in [-0.25, -0.2) is 14.4 Å². The Morgan fingerprint density at radius 1 is 1.37 bits per heavy atom. The molecule has 0 amide bonds. The maximum atomic E-state index is 13.6. The van der Waals surface area contributed by atoms with E-state index in [1.807, 2.05) is 0 Å².